The smallest absolute Gasteiger partial charge is 0.359 e. The predicted molar refractivity (Wildman–Crippen MR) is 123 cm³/mol. The molecule has 0 saturated heterocycles. The van der Waals surface area contributed by atoms with E-state index in [9.17, 15) is 18.8 Å². The molecule has 5 rings (SSSR count). The minimum Gasteiger partial charge on any atom is -0.461 e. The number of ether oxygens (including phenoxy) is 1. The van der Waals surface area contributed by atoms with E-state index in [0.29, 0.717) is 5.76 Å². The summed E-state index contributed by atoms with van der Waals surface area (Å²) in [6.45, 7) is 1.71. The standard InChI is InChI=1S/C23H15FN4O6S/c1-2-32-23(31)19-14-11-35-21(18(14)22(30)28(26-19)13-6-3-5-12(24)9-13)25-20(29)15-10-17(34-27-15)16-7-4-8-33-16/h3-11H,2H2,1H3,(H,25,29). The average Bonchev–Trinajstić information content (AvgIpc) is 3.60. The Kier molecular flexibility index (Phi) is 5.71. The van der Waals surface area contributed by atoms with E-state index in [4.69, 9.17) is 13.7 Å². The molecule has 0 saturated carbocycles. The van der Waals surface area contributed by atoms with Crippen molar-refractivity contribution < 1.29 is 27.7 Å². The van der Waals surface area contributed by atoms with Gasteiger partial charge in [0.1, 0.15) is 10.8 Å². The zero-order valence-electron chi connectivity index (χ0n) is 18.0. The number of benzene rings is 1. The number of furan rings is 1. The highest BCUT2D eigenvalue weighted by molar-refractivity contribution is 7.16. The molecule has 0 atom stereocenters. The van der Waals surface area contributed by atoms with Crippen molar-refractivity contribution in [2.75, 3.05) is 11.9 Å². The van der Waals surface area contributed by atoms with E-state index < -0.39 is 23.3 Å². The molecule has 0 fully saturated rings. The largest absolute Gasteiger partial charge is 0.461 e. The topological polar surface area (TPSA) is 129 Å². The van der Waals surface area contributed by atoms with Gasteiger partial charge >= 0.3 is 5.97 Å². The lowest BCUT2D eigenvalue weighted by Gasteiger charge is -2.09. The van der Waals surface area contributed by atoms with Crippen LogP contribution in [0.2, 0.25) is 0 Å². The van der Waals surface area contributed by atoms with Crippen molar-refractivity contribution in [2.24, 2.45) is 0 Å². The first kappa shape index (κ1) is 22.2. The van der Waals surface area contributed by atoms with Crippen LogP contribution in [0, 0.1) is 5.82 Å². The maximum atomic E-state index is 13.8. The summed E-state index contributed by atoms with van der Waals surface area (Å²) < 4.78 is 30.2. The number of hydrogen-bond donors (Lipinski definition) is 1. The molecule has 0 aliphatic carbocycles. The Morgan fingerprint density at radius 1 is 1.20 bits per heavy atom. The minimum atomic E-state index is -0.766. The van der Waals surface area contributed by atoms with Crippen LogP contribution >= 0.6 is 11.3 Å². The highest BCUT2D eigenvalue weighted by atomic mass is 32.1. The van der Waals surface area contributed by atoms with E-state index in [0.717, 1.165) is 22.1 Å². The van der Waals surface area contributed by atoms with Gasteiger partial charge in [0, 0.05) is 16.8 Å². The predicted octanol–water partition coefficient (Wildman–Crippen LogP) is 4.26. The lowest BCUT2D eigenvalue weighted by Crippen LogP contribution is -2.25. The van der Waals surface area contributed by atoms with Crippen LogP contribution in [0.4, 0.5) is 9.39 Å². The second kappa shape index (κ2) is 8.99. The van der Waals surface area contributed by atoms with Crippen molar-refractivity contribution in [2.45, 2.75) is 6.92 Å². The van der Waals surface area contributed by atoms with Crippen molar-refractivity contribution >= 4 is 39.0 Å². The van der Waals surface area contributed by atoms with Gasteiger partial charge in [-0.25, -0.2) is 9.18 Å². The summed E-state index contributed by atoms with van der Waals surface area (Å²) in [6, 6.07) is 9.89. The Morgan fingerprint density at radius 3 is 2.80 bits per heavy atom. The summed E-state index contributed by atoms with van der Waals surface area (Å²) in [6.07, 6.45) is 1.45. The number of nitrogens with zero attached hydrogens (tertiary/aromatic N) is 3. The number of carbonyl (C=O) groups is 2. The number of esters is 1. The monoisotopic (exact) mass is 494 g/mol. The number of aromatic nitrogens is 3. The van der Waals surface area contributed by atoms with Gasteiger partial charge in [0.25, 0.3) is 11.5 Å². The van der Waals surface area contributed by atoms with Gasteiger partial charge in [0.15, 0.2) is 17.1 Å². The lowest BCUT2D eigenvalue weighted by atomic mass is 10.2. The molecule has 4 aromatic heterocycles. The van der Waals surface area contributed by atoms with Gasteiger partial charge in [0.2, 0.25) is 5.76 Å². The number of halogens is 1. The van der Waals surface area contributed by atoms with Gasteiger partial charge in [-0.3, -0.25) is 9.59 Å². The Morgan fingerprint density at radius 2 is 2.06 bits per heavy atom. The average molecular weight is 494 g/mol. The van der Waals surface area contributed by atoms with Crippen LogP contribution in [-0.4, -0.2) is 33.4 Å². The molecule has 0 aliphatic heterocycles. The number of anilines is 1. The zero-order valence-corrected chi connectivity index (χ0v) is 18.8. The van der Waals surface area contributed by atoms with Gasteiger partial charge in [-0.1, -0.05) is 11.2 Å². The summed E-state index contributed by atoms with van der Waals surface area (Å²) in [5, 5.41) is 12.4. The molecule has 0 bridgehead atoms. The molecule has 5 aromatic rings. The van der Waals surface area contributed by atoms with Crippen LogP contribution < -0.4 is 10.9 Å². The molecule has 1 amide bonds. The van der Waals surface area contributed by atoms with Crippen molar-refractivity contribution in [3.63, 3.8) is 0 Å². The number of thiophene rings is 1. The summed E-state index contributed by atoms with van der Waals surface area (Å²) in [5.41, 5.74) is -0.760. The first-order valence-corrected chi connectivity index (χ1v) is 11.1. The molecular weight excluding hydrogens is 479 g/mol. The maximum Gasteiger partial charge on any atom is 0.359 e. The van der Waals surface area contributed by atoms with Gasteiger partial charge in [-0.2, -0.15) is 9.78 Å². The fourth-order valence-corrected chi connectivity index (χ4v) is 4.29. The molecule has 0 radical (unpaired) electrons. The molecule has 4 heterocycles. The van der Waals surface area contributed by atoms with Crippen molar-refractivity contribution in [3.8, 4) is 17.2 Å². The third-order valence-corrected chi connectivity index (χ3v) is 5.80. The molecule has 0 unspecified atom stereocenters. The van der Waals surface area contributed by atoms with E-state index in [2.05, 4.69) is 15.6 Å². The molecule has 1 N–H and O–H groups in total. The summed E-state index contributed by atoms with van der Waals surface area (Å²) >= 11 is 1.02. The highest BCUT2D eigenvalue weighted by Crippen LogP contribution is 2.31. The second-order valence-electron chi connectivity index (χ2n) is 7.13. The molecule has 0 aliphatic rings. The van der Waals surface area contributed by atoms with E-state index in [1.807, 2.05) is 0 Å². The highest BCUT2D eigenvalue weighted by Gasteiger charge is 2.24. The summed E-state index contributed by atoms with van der Waals surface area (Å²) in [4.78, 5) is 38.8. The molecule has 12 heteroatoms. The first-order chi connectivity index (χ1) is 17.0. The molecule has 10 nitrogen and oxygen atoms in total. The van der Waals surface area contributed by atoms with E-state index in [-0.39, 0.29) is 45.2 Å². The fourth-order valence-electron chi connectivity index (χ4n) is 3.36. The van der Waals surface area contributed by atoms with Crippen LogP contribution in [0.5, 0.6) is 0 Å². The fraction of sp³-hybridized carbons (Fsp3) is 0.0870. The summed E-state index contributed by atoms with van der Waals surface area (Å²) in [7, 11) is 0. The van der Waals surface area contributed by atoms with Crippen LogP contribution in [0.15, 0.2) is 67.8 Å². The van der Waals surface area contributed by atoms with Crippen LogP contribution in [-0.2, 0) is 4.74 Å². The minimum absolute atomic E-state index is 0.0143. The van der Waals surface area contributed by atoms with E-state index in [1.54, 1.807) is 19.1 Å². The normalized spacial score (nSPS) is 11.0. The number of nitrogens with one attached hydrogen (secondary N) is 1. The number of amides is 1. The maximum absolute atomic E-state index is 13.8. The molecular formula is C23H15FN4O6S. The van der Waals surface area contributed by atoms with Crippen molar-refractivity contribution in [1.82, 2.24) is 14.9 Å². The van der Waals surface area contributed by atoms with Crippen LogP contribution in [0.3, 0.4) is 0 Å². The van der Waals surface area contributed by atoms with Gasteiger partial charge in [-0.15, -0.1) is 11.3 Å². The van der Waals surface area contributed by atoms with Gasteiger partial charge < -0.3 is 19.0 Å². The quantitative estimate of drug-likeness (QED) is 0.347. The third kappa shape index (κ3) is 4.10. The zero-order chi connectivity index (χ0) is 24.5. The summed E-state index contributed by atoms with van der Waals surface area (Å²) in [5.74, 6) is -1.37. The molecule has 0 spiro atoms. The molecule has 1 aromatic carbocycles. The SMILES string of the molecule is CCOC(=O)c1nn(-c2cccc(F)c2)c(=O)c2c(NC(=O)c3cc(-c4ccco4)on3)scc12. The number of carbonyl (C=O) groups excluding carboxylic acids is 2. The Hall–Kier alpha value is -4.58. The van der Waals surface area contributed by atoms with Crippen molar-refractivity contribution in [3.05, 3.63) is 81.7 Å². The second-order valence-corrected chi connectivity index (χ2v) is 8.01. The van der Waals surface area contributed by atoms with E-state index >= 15 is 0 Å². The lowest BCUT2D eigenvalue weighted by molar-refractivity contribution is 0.0520. The van der Waals surface area contributed by atoms with Gasteiger partial charge in [-0.05, 0) is 37.3 Å². The number of rotatable bonds is 6. The third-order valence-electron chi connectivity index (χ3n) is 4.91. The van der Waals surface area contributed by atoms with Gasteiger partial charge in [0.05, 0.1) is 23.9 Å². The Balaban J connectivity index is 1.59. The molecule has 176 valence electrons. The number of fused-ring (bicyclic) bond motifs is 1. The van der Waals surface area contributed by atoms with E-state index in [1.165, 1.54) is 35.9 Å². The van der Waals surface area contributed by atoms with Crippen LogP contribution in [0.25, 0.3) is 28.0 Å². The Labute approximate surface area is 199 Å². The van der Waals surface area contributed by atoms with Crippen LogP contribution in [0.1, 0.15) is 27.9 Å². The Bertz CT molecular complexity index is 1620. The number of hydrogen-bond acceptors (Lipinski definition) is 9. The first-order valence-electron chi connectivity index (χ1n) is 10.3. The van der Waals surface area contributed by atoms with Crippen molar-refractivity contribution in [1.29, 1.82) is 0 Å². The molecule has 35 heavy (non-hydrogen) atoms.